The van der Waals surface area contributed by atoms with Crippen LogP contribution < -0.4 is 5.73 Å². The molecule has 0 spiro atoms. The second-order valence-corrected chi connectivity index (χ2v) is 5.40. The zero-order chi connectivity index (χ0) is 13.8. The van der Waals surface area contributed by atoms with Gasteiger partial charge < -0.3 is 5.73 Å². The lowest BCUT2D eigenvalue weighted by Crippen LogP contribution is -2.42. The summed E-state index contributed by atoms with van der Waals surface area (Å²) >= 11 is 0.878. The molecule has 1 nitrogen and oxygen atoms in total. The first kappa shape index (κ1) is 15.4. The number of nitrogens with two attached hydrogens (primary N) is 1. The molecule has 0 saturated heterocycles. The highest BCUT2D eigenvalue weighted by atomic mass is 32.2. The molecule has 2 N–H and O–H groups in total. The molecule has 18 heavy (non-hydrogen) atoms. The van der Waals surface area contributed by atoms with Crippen LogP contribution in [0.25, 0.3) is 0 Å². The molecule has 5 heteroatoms. The fourth-order valence-corrected chi connectivity index (χ4v) is 2.94. The van der Waals surface area contributed by atoms with Gasteiger partial charge in [0.05, 0.1) is 0 Å². The average molecular weight is 277 g/mol. The lowest BCUT2D eigenvalue weighted by Gasteiger charge is -2.25. The lowest BCUT2D eigenvalue weighted by molar-refractivity contribution is -0.132. The van der Waals surface area contributed by atoms with Gasteiger partial charge in [0.1, 0.15) is 5.25 Å². The van der Waals surface area contributed by atoms with Gasteiger partial charge in [0.25, 0.3) is 0 Å². The second kappa shape index (κ2) is 6.48. The van der Waals surface area contributed by atoms with E-state index in [2.05, 4.69) is 0 Å². The first-order chi connectivity index (χ1) is 8.36. The van der Waals surface area contributed by atoms with Crippen molar-refractivity contribution in [3.8, 4) is 0 Å². The molecule has 0 fully saturated rings. The third-order valence-corrected chi connectivity index (χ3v) is 4.32. The van der Waals surface area contributed by atoms with Gasteiger partial charge >= 0.3 is 6.18 Å². The minimum atomic E-state index is -4.25. The highest BCUT2D eigenvalue weighted by Gasteiger charge is 2.43. The van der Waals surface area contributed by atoms with E-state index in [-0.39, 0.29) is 0 Å². The van der Waals surface area contributed by atoms with Gasteiger partial charge in [-0.25, -0.2) is 0 Å². The number of benzene rings is 1. The molecule has 0 amide bonds. The maximum absolute atomic E-state index is 12.9. The van der Waals surface area contributed by atoms with Gasteiger partial charge in [-0.3, -0.25) is 0 Å². The van der Waals surface area contributed by atoms with E-state index >= 15 is 0 Å². The Labute approximate surface area is 110 Å². The standard InChI is InChI=1S/C13H18F3NS/c1-3-11(17)12(13(14,15)16)18-8-10-7-5-4-6-9(10)2/h4-7,11-12H,3,8,17H2,1-2H3. The van der Waals surface area contributed by atoms with E-state index < -0.39 is 17.5 Å². The summed E-state index contributed by atoms with van der Waals surface area (Å²) in [5.74, 6) is 0.338. The molecule has 0 bridgehead atoms. The predicted molar refractivity (Wildman–Crippen MR) is 70.6 cm³/mol. The maximum Gasteiger partial charge on any atom is 0.402 e. The third-order valence-electron chi connectivity index (χ3n) is 2.86. The summed E-state index contributed by atoms with van der Waals surface area (Å²) in [6.45, 7) is 3.58. The van der Waals surface area contributed by atoms with Gasteiger partial charge in [-0.05, 0) is 24.5 Å². The van der Waals surface area contributed by atoms with Gasteiger partial charge in [-0.15, -0.1) is 11.8 Å². The molecule has 102 valence electrons. The Morgan fingerprint density at radius 1 is 1.28 bits per heavy atom. The third kappa shape index (κ3) is 4.21. The van der Waals surface area contributed by atoms with Crippen molar-refractivity contribution in [2.45, 2.75) is 43.5 Å². The van der Waals surface area contributed by atoms with Crippen LogP contribution in [0.5, 0.6) is 0 Å². The van der Waals surface area contributed by atoms with Crippen molar-refractivity contribution in [3.63, 3.8) is 0 Å². The minimum absolute atomic E-state index is 0.324. The van der Waals surface area contributed by atoms with Gasteiger partial charge in [0.15, 0.2) is 0 Å². The van der Waals surface area contributed by atoms with E-state index in [0.29, 0.717) is 12.2 Å². The molecular formula is C13H18F3NS. The van der Waals surface area contributed by atoms with Crippen LogP contribution in [0, 0.1) is 6.92 Å². The van der Waals surface area contributed by atoms with E-state index in [1.54, 1.807) is 6.92 Å². The molecule has 0 heterocycles. The number of alkyl halides is 3. The topological polar surface area (TPSA) is 26.0 Å². The Morgan fingerprint density at radius 3 is 2.39 bits per heavy atom. The van der Waals surface area contributed by atoms with Crippen LogP contribution >= 0.6 is 11.8 Å². The molecule has 0 aliphatic heterocycles. The fourth-order valence-electron chi connectivity index (χ4n) is 1.63. The van der Waals surface area contributed by atoms with Crippen molar-refractivity contribution in [1.29, 1.82) is 0 Å². The smallest absolute Gasteiger partial charge is 0.326 e. The molecule has 0 saturated carbocycles. The van der Waals surface area contributed by atoms with Crippen LogP contribution in [0.3, 0.4) is 0 Å². The molecule has 0 aliphatic carbocycles. The molecule has 1 aromatic rings. The lowest BCUT2D eigenvalue weighted by atomic mass is 10.1. The van der Waals surface area contributed by atoms with E-state index in [9.17, 15) is 13.2 Å². The summed E-state index contributed by atoms with van der Waals surface area (Å²) in [6.07, 6.45) is -3.92. The Hall–Kier alpha value is -0.680. The summed E-state index contributed by atoms with van der Waals surface area (Å²) in [5, 5.41) is -1.50. The van der Waals surface area contributed by atoms with Gasteiger partial charge in [0.2, 0.25) is 0 Å². The van der Waals surface area contributed by atoms with Crippen LogP contribution in [0.1, 0.15) is 24.5 Å². The normalized spacial score (nSPS) is 15.4. The summed E-state index contributed by atoms with van der Waals surface area (Å²) < 4.78 is 38.6. The van der Waals surface area contributed by atoms with E-state index in [4.69, 9.17) is 5.73 Å². The van der Waals surface area contributed by atoms with Crippen molar-refractivity contribution >= 4 is 11.8 Å². The number of thioether (sulfide) groups is 1. The highest BCUT2D eigenvalue weighted by Crippen LogP contribution is 2.35. The molecule has 2 unspecified atom stereocenters. The Balaban J connectivity index is 2.72. The van der Waals surface area contributed by atoms with Crippen LogP contribution in [0.2, 0.25) is 0 Å². The second-order valence-electron chi connectivity index (χ2n) is 4.27. The van der Waals surface area contributed by atoms with Crippen molar-refractivity contribution in [2.24, 2.45) is 5.73 Å². The predicted octanol–water partition coefficient (Wildman–Crippen LogP) is 3.90. The van der Waals surface area contributed by atoms with Crippen LogP contribution in [0.15, 0.2) is 24.3 Å². The summed E-state index contributed by atoms with van der Waals surface area (Å²) in [5.41, 5.74) is 7.51. The Morgan fingerprint density at radius 2 is 1.89 bits per heavy atom. The Bertz CT molecular complexity index is 379. The van der Waals surface area contributed by atoms with Crippen LogP contribution in [-0.4, -0.2) is 17.5 Å². The van der Waals surface area contributed by atoms with Gasteiger partial charge in [0, 0.05) is 11.8 Å². The number of aryl methyl sites for hydroxylation is 1. The highest BCUT2D eigenvalue weighted by molar-refractivity contribution is 7.99. The molecule has 2 atom stereocenters. The summed E-state index contributed by atoms with van der Waals surface area (Å²) in [6, 6.07) is 6.62. The van der Waals surface area contributed by atoms with Gasteiger partial charge in [-0.1, -0.05) is 31.2 Å². The minimum Gasteiger partial charge on any atom is -0.326 e. The number of rotatable bonds is 5. The largest absolute Gasteiger partial charge is 0.402 e. The van der Waals surface area contributed by atoms with E-state index in [1.165, 1.54) is 0 Å². The SMILES string of the molecule is CCC(N)C(SCc1ccccc1C)C(F)(F)F. The first-order valence-corrected chi connectivity index (χ1v) is 6.89. The fraction of sp³-hybridized carbons (Fsp3) is 0.538. The number of hydrogen-bond acceptors (Lipinski definition) is 2. The number of hydrogen-bond donors (Lipinski definition) is 1. The molecule has 0 radical (unpaired) electrons. The van der Waals surface area contributed by atoms with Crippen molar-refractivity contribution in [3.05, 3.63) is 35.4 Å². The van der Waals surface area contributed by atoms with Gasteiger partial charge in [-0.2, -0.15) is 13.2 Å². The summed E-state index contributed by atoms with van der Waals surface area (Å²) in [4.78, 5) is 0. The average Bonchev–Trinajstić information content (AvgIpc) is 2.29. The molecule has 0 aliphatic rings. The monoisotopic (exact) mass is 277 g/mol. The quantitative estimate of drug-likeness (QED) is 0.883. The molecule has 1 rings (SSSR count). The van der Waals surface area contributed by atoms with E-state index in [0.717, 1.165) is 22.9 Å². The van der Waals surface area contributed by atoms with Crippen LogP contribution in [-0.2, 0) is 5.75 Å². The first-order valence-electron chi connectivity index (χ1n) is 5.84. The number of halogens is 3. The zero-order valence-electron chi connectivity index (χ0n) is 10.5. The van der Waals surface area contributed by atoms with Crippen LogP contribution in [0.4, 0.5) is 13.2 Å². The van der Waals surface area contributed by atoms with Crippen molar-refractivity contribution < 1.29 is 13.2 Å². The maximum atomic E-state index is 12.9. The summed E-state index contributed by atoms with van der Waals surface area (Å²) in [7, 11) is 0. The Kier molecular flexibility index (Phi) is 5.53. The van der Waals surface area contributed by atoms with Crippen molar-refractivity contribution in [2.75, 3.05) is 0 Å². The molecular weight excluding hydrogens is 259 g/mol. The molecule has 0 aromatic heterocycles. The van der Waals surface area contributed by atoms with Crippen molar-refractivity contribution in [1.82, 2.24) is 0 Å². The molecule has 1 aromatic carbocycles. The zero-order valence-corrected chi connectivity index (χ0v) is 11.3. The van der Waals surface area contributed by atoms with E-state index in [1.807, 2.05) is 31.2 Å².